The van der Waals surface area contributed by atoms with Gasteiger partial charge < -0.3 is 5.32 Å². The number of rotatable bonds is 5. The fourth-order valence-electron chi connectivity index (χ4n) is 2.37. The van der Waals surface area contributed by atoms with E-state index in [-0.39, 0.29) is 5.91 Å². The molecule has 0 saturated heterocycles. The lowest BCUT2D eigenvalue weighted by Crippen LogP contribution is -2.12. The minimum absolute atomic E-state index is 0.0106. The van der Waals surface area contributed by atoms with Crippen molar-refractivity contribution in [1.82, 2.24) is 4.98 Å². The molecule has 0 spiro atoms. The van der Waals surface area contributed by atoms with E-state index < -0.39 is 0 Å². The number of para-hydroxylation sites is 1. The number of fused-ring (bicyclic) bond motifs is 1. The molecular formula is C18H17ClN2OS. The average Bonchev–Trinajstić information content (AvgIpc) is 2.93. The van der Waals surface area contributed by atoms with E-state index in [0.717, 1.165) is 34.6 Å². The molecule has 1 heterocycles. The predicted molar refractivity (Wildman–Crippen MR) is 97.4 cm³/mol. The topological polar surface area (TPSA) is 42.0 Å². The van der Waals surface area contributed by atoms with Crippen molar-refractivity contribution >= 4 is 44.7 Å². The van der Waals surface area contributed by atoms with Crippen LogP contribution in [-0.2, 0) is 11.2 Å². The van der Waals surface area contributed by atoms with Crippen LogP contribution in [0.2, 0.25) is 5.02 Å². The zero-order valence-corrected chi connectivity index (χ0v) is 14.4. The maximum atomic E-state index is 12.1. The van der Waals surface area contributed by atoms with Crippen LogP contribution < -0.4 is 5.32 Å². The highest BCUT2D eigenvalue weighted by Gasteiger charge is 2.07. The lowest BCUT2D eigenvalue weighted by molar-refractivity contribution is -0.116. The smallest absolute Gasteiger partial charge is 0.224 e. The Balaban J connectivity index is 1.53. The first-order valence-electron chi connectivity index (χ1n) is 7.52. The van der Waals surface area contributed by atoms with E-state index in [1.54, 1.807) is 17.4 Å². The summed E-state index contributed by atoms with van der Waals surface area (Å²) >= 11 is 7.66. The normalized spacial score (nSPS) is 10.9. The van der Waals surface area contributed by atoms with E-state index in [0.29, 0.717) is 11.4 Å². The summed E-state index contributed by atoms with van der Waals surface area (Å²) in [4.78, 5) is 16.7. The van der Waals surface area contributed by atoms with Crippen molar-refractivity contribution in [3.8, 4) is 0 Å². The molecule has 0 fully saturated rings. The number of aromatic nitrogens is 1. The average molecular weight is 345 g/mol. The zero-order chi connectivity index (χ0) is 16.2. The molecule has 1 N–H and O–H groups in total. The molecule has 0 radical (unpaired) electrons. The number of amides is 1. The molecule has 1 aromatic heterocycles. The number of halogens is 1. The fraction of sp³-hybridized carbons (Fsp3) is 0.222. The second-order valence-electron chi connectivity index (χ2n) is 5.44. The highest BCUT2D eigenvalue weighted by Crippen LogP contribution is 2.23. The van der Waals surface area contributed by atoms with Gasteiger partial charge in [-0.05, 0) is 49.6 Å². The number of anilines is 1. The van der Waals surface area contributed by atoms with Gasteiger partial charge >= 0.3 is 0 Å². The number of hydrogen-bond acceptors (Lipinski definition) is 3. The Labute approximate surface area is 144 Å². The van der Waals surface area contributed by atoms with Crippen LogP contribution >= 0.6 is 22.9 Å². The van der Waals surface area contributed by atoms with Crippen molar-refractivity contribution in [2.24, 2.45) is 0 Å². The molecule has 0 bridgehead atoms. The van der Waals surface area contributed by atoms with Crippen LogP contribution in [0.1, 0.15) is 23.4 Å². The molecule has 0 aliphatic carbocycles. The van der Waals surface area contributed by atoms with Crippen LogP contribution in [0.4, 0.5) is 5.69 Å². The van der Waals surface area contributed by atoms with E-state index in [2.05, 4.69) is 16.4 Å². The fourth-order valence-corrected chi connectivity index (χ4v) is 3.55. The highest BCUT2D eigenvalue weighted by molar-refractivity contribution is 7.18. The predicted octanol–water partition coefficient (Wildman–Crippen LogP) is 5.22. The van der Waals surface area contributed by atoms with Crippen LogP contribution in [0.25, 0.3) is 10.2 Å². The molecule has 3 rings (SSSR count). The molecule has 1 amide bonds. The third-order valence-corrected chi connectivity index (χ3v) is 4.94. The third kappa shape index (κ3) is 4.09. The molecule has 5 heteroatoms. The van der Waals surface area contributed by atoms with Crippen molar-refractivity contribution in [2.45, 2.75) is 26.2 Å². The molecule has 3 nitrogen and oxygen atoms in total. The van der Waals surface area contributed by atoms with Gasteiger partial charge in [0, 0.05) is 17.1 Å². The number of nitrogens with zero attached hydrogens (tertiary/aromatic N) is 1. The van der Waals surface area contributed by atoms with Gasteiger partial charge in [0.05, 0.1) is 15.2 Å². The Kier molecular flexibility index (Phi) is 4.94. The van der Waals surface area contributed by atoms with Crippen LogP contribution in [0, 0.1) is 6.92 Å². The largest absolute Gasteiger partial charge is 0.326 e. The van der Waals surface area contributed by atoms with E-state index >= 15 is 0 Å². The summed E-state index contributed by atoms with van der Waals surface area (Å²) in [6, 6.07) is 13.6. The van der Waals surface area contributed by atoms with Crippen molar-refractivity contribution in [3.05, 3.63) is 58.1 Å². The molecule has 118 valence electrons. The number of carbonyl (C=O) groups excluding carboxylic acids is 1. The van der Waals surface area contributed by atoms with E-state index in [4.69, 9.17) is 11.6 Å². The molecule has 0 saturated carbocycles. The van der Waals surface area contributed by atoms with Crippen molar-refractivity contribution in [1.29, 1.82) is 0 Å². The van der Waals surface area contributed by atoms with Crippen LogP contribution in [0.3, 0.4) is 0 Å². The van der Waals surface area contributed by atoms with Gasteiger partial charge in [-0.2, -0.15) is 0 Å². The highest BCUT2D eigenvalue weighted by atomic mass is 35.5. The summed E-state index contributed by atoms with van der Waals surface area (Å²) in [6.45, 7) is 1.95. The standard InChI is InChI=1S/C18H17ClN2OS/c1-12-9-10-13(19)11-15(12)20-17(22)7-4-8-18-21-14-5-2-3-6-16(14)23-18/h2-3,5-6,9-11H,4,7-8H2,1H3,(H,20,22). The Hall–Kier alpha value is -1.91. The van der Waals surface area contributed by atoms with Gasteiger partial charge in [-0.3, -0.25) is 4.79 Å². The summed E-state index contributed by atoms with van der Waals surface area (Å²) in [5.41, 5.74) is 2.82. The van der Waals surface area contributed by atoms with Crippen LogP contribution in [-0.4, -0.2) is 10.9 Å². The number of carbonyl (C=O) groups is 1. The minimum Gasteiger partial charge on any atom is -0.326 e. The van der Waals surface area contributed by atoms with Gasteiger partial charge in [0.25, 0.3) is 0 Å². The summed E-state index contributed by atoms with van der Waals surface area (Å²) in [5, 5.41) is 4.63. The first-order chi connectivity index (χ1) is 11.1. The molecule has 2 aromatic carbocycles. The summed E-state index contributed by atoms with van der Waals surface area (Å²) in [5.74, 6) is 0.0106. The number of benzene rings is 2. The molecule has 0 aliphatic rings. The number of thiazole rings is 1. The number of aryl methyl sites for hydroxylation is 2. The number of hydrogen-bond donors (Lipinski definition) is 1. The van der Waals surface area contributed by atoms with E-state index in [1.807, 2.05) is 37.3 Å². The monoisotopic (exact) mass is 344 g/mol. The van der Waals surface area contributed by atoms with Crippen LogP contribution in [0.5, 0.6) is 0 Å². The van der Waals surface area contributed by atoms with Gasteiger partial charge in [0.15, 0.2) is 0 Å². The second kappa shape index (κ2) is 7.11. The summed E-state index contributed by atoms with van der Waals surface area (Å²) in [7, 11) is 0. The third-order valence-electron chi connectivity index (χ3n) is 3.61. The van der Waals surface area contributed by atoms with Crippen molar-refractivity contribution < 1.29 is 4.79 Å². The Morgan fingerprint density at radius 2 is 2.09 bits per heavy atom. The molecular weight excluding hydrogens is 328 g/mol. The molecule has 23 heavy (non-hydrogen) atoms. The van der Waals surface area contributed by atoms with Crippen molar-refractivity contribution in [2.75, 3.05) is 5.32 Å². The Morgan fingerprint density at radius 1 is 1.26 bits per heavy atom. The Morgan fingerprint density at radius 3 is 2.91 bits per heavy atom. The summed E-state index contributed by atoms with van der Waals surface area (Å²) < 4.78 is 1.20. The van der Waals surface area contributed by atoms with Crippen molar-refractivity contribution in [3.63, 3.8) is 0 Å². The minimum atomic E-state index is 0.0106. The summed E-state index contributed by atoms with van der Waals surface area (Å²) in [6.07, 6.45) is 2.08. The molecule has 0 atom stereocenters. The van der Waals surface area contributed by atoms with E-state index in [1.165, 1.54) is 4.70 Å². The number of nitrogens with one attached hydrogen (secondary N) is 1. The second-order valence-corrected chi connectivity index (χ2v) is 6.99. The lowest BCUT2D eigenvalue weighted by Gasteiger charge is -2.08. The molecule has 0 unspecified atom stereocenters. The first-order valence-corrected chi connectivity index (χ1v) is 8.72. The maximum absolute atomic E-state index is 12.1. The Bertz CT molecular complexity index is 811. The molecule has 3 aromatic rings. The quantitative estimate of drug-likeness (QED) is 0.689. The van der Waals surface area contributed by atoms with Crippen LogP contribution in [0.15, 0.2) is 42.5 Å². The lowest BCUT2D eigenvalue weighted by atomic mass is 10.2. The van der Waals surface area contributed by atoms with E-state index in [9.17, 15) is 4.79 Å². The molecule has 0 aliphatic heterocycles. The zero-order valence-electron chi connectivity index (χ0n) is 12.8. The van der Waals surface area contributed by atoms with Gasteiger partial charge in [-0.1, -0.05) is 29.8 Å². The van der Waals surface area contributed by atoms with Gasteiger partial charge in [0.2, 0.25) is 5.91 Å². The van der Waals surface area contributed by atoms with Gasteiger partial charge in [0.1, 0.15) is 0 Å². The van der Waals surface area contributed by atoms with Gasteiger partial charge in [-0.25, -0.2) is 4.98 Å². The van der Waals surface area contributed by atoms with Gasteiger partial charge in [-0.15, -0.1) is 11.3 Å². The first kappa shape index (κ1) is 16.0. The maximum Gasteiger partial charge on any atom is 0.224 e. The SMILES string of the molecule is Cc1ccc(Cl)cc1NC(=O)CCCc1nc2ccccc2s1.